The van der Waals surface area contributed by atoms with E-state index in [4.69, 9.17) is 5.11 Å². The van der Waals surface area contributed by atoms with Crippen LogP contribution in [0.15, 0.2) is 18.2 Å². The summed E-state index contributed by atoms with van der Waals surface area (Å²) in [5.41, 5.74) is 2.06. The molecule has 2 saturated heterocycles. The first-order chi connectivity index (χ1) is 13.4. The Morgan fingerprint density at radius 1 is 0.964 bits per heavy atom. The van der Waals surface area contributed by atoms with E-state index in [1.165, 1.54) is 4.90 Å². The molecule has 0 aromatic heterocycles. The third-order valence-corrected chi connectivity index (χ3v) is 6.25. The molecule has 154 valence electrons. The number of carbonyl (C=O) groups is 1. The summed E-state index contributed by atoms with van der Waals surface area (Å²) in [7, 11) is 0. The Balaban J connectivity index is 1.52. The topological polar surface area (TPSA) is 137 Å². The number of piperidine rings is 2. The van der Waals surface area contributed by atoms with Crippen LogP contribution in [-0.4, -0.2) is 68.0 Å². The smallest absolute Gasteiger partial charge is 0.306 e. The van der Waals surface area contributed by atoms with Crippen LogP contribution >= 0.6 is 0 Å². The standard InChI is InChI=1S/C19H27N3O6/c23-15-4-3-14(16(24)20-15)22-17(25)12-2-1-11(9-13(12)18(22)26)21-7-5-10(6-8-21)19(27)28/h1-2,9-10,14-18,20,23-26H,3-8H2,(H,27,28). The van der Waals surface area contributed by atoms with E-state index < -0.39 is 36.9 Å². The summed E-state index contributed by atoms with van der Waals surface area (Å²) in [5.74, 6) is -1.07. The van der Waals surface area contributed by atoms with Gasteiger partial charge in [0.25, 0.3) is 0 Å². The first-order valence-electron chi connectivity index (χ1n) is 9.74. The molecule has 5 atom stereocenters. The van der Waals surface area contributed by atoms with Crippen molar-refractivity contribution < 1.29 is 30.3 Å². The van der Waals surface area contributed by atoms with Crippen LogP contribution in [-0.2, 0) is 4.79 Å². The van der Waals surface area contributed by atoms with Gasteiger partial charge in [-0.3, -0.25) is 10.1 Å². The van der Waals surface area contributed by atoms with E-state index in [2.05, 4.69) is 10.2 Å². The Hall–Kier alpha value is -1.75. The van der Waals surface area contributed by atoms with Gasteiger partial charge in [0, 0.05) is 29.9 Å². The average molecular weight is 393 g/mol. The first kappa shape index (κ1) is 19.6. The Kier molecular flexibility index (Phi) is 5.30. The van der Waals surface area contributed by atoms with Gasteiger partial charge in [-0.05, 0) is 37.8 Å². The lowest BCUT2D eigenvalue weighted by molar-refractivity contribution is -0.159. The van der Waals surface area contributed by atoms with Gasteiger partial charge in [-0.1, -0.05) is 6.07 Å². The number of aliphatic hydroxyl groups excluding tert-OH is 4. The van der Waals surface area contributed by atoms with Crippen LogP contribution < -0.4 is 10.2 Å². The molecule has 0 spiro atoms. The van der Waals surface area contributed by atoms with Crippen LogP contribution in [0.3, 0.4) is 0 Å². The summed E-state index contributed by atoms with van der Waals surface area (Å²) in [5, 5.41) is 53.2. The number of carboxylic acid groups (broad SMARTS) is 1. The van der Waals surface area contributed by atoms with E-state index in [0.717, 1.165) is 5.69 Å². The molecule has 1 aromatic carbocycles. The summed E-state index contributed by atoms with van der Waals surface area (Å²) in [6.07, 6.45) is -1.97. The van der Waals surface area contributed by atoms with E-state index in [1.807, 2.05) is 12.1 Å². The van der Waals surface area contributed by atoms with Gasteiger partial charge >= 0.3 is 5.97 Å². The zero-order valence-electron chi connectivity index (χ0n) is 15.5. The van der Waals surface area contributed by atoms with Crippen molar-refractivity contribution >= 4 is 11.7 Å². The van der Waals surface area contributed by atoms with Gasteiger partial charge in [-0.2, -0.15) is 0 Å². The molecule has 9 nitrogen and oxygen atoms in total. The monoisotopic (exact) mass is 393 g/mol. The van der Waals surface area contributed by atoms with Crippen molar-refractivity contribution in [3.8, 4) is 0 Å². The molecule has 0 amide bonds. The van der Waals surface area contributed by atoms with Gasteiger partial charge in [0.05, 0.1) is 12.0 Å². The minimum Gasteiger partial charge on any atom is -0.481 e. The van der Waals surface area contributed by atoms with Crippen molar-refractivity contribution in [3.63, 3.8) is 0 Å². The molecular formula is C19H27N3O6. The van der Waals surface area contributed by atoms with Crippen molar-refractivity contribution in [1.29, 1.82) is 0 Å². The van der Waals surface area contributed by atoms with Crippen molar-refractivity contribution in [3.05, 3.63) is 29.3 Å². The maximum Gasteiger partial charge on any atom is 0.306 e. The fourth-order valence-electron chi connectivity index (χ4n) is 4.61. The zero-order chi connectivity index (χ0) is 20.0. The number of fused-ring (bicyclic) bond motifs is 1. The molecule has 0 saturated carbocycles. The Bertz CT molecular complexity index is 738. The minimum absolute atomic E-state index is 0.316. The van der Waals surface area contributed by atoms with Crippen LogP contribution in [0.25, 0.3) is 0 Å². The third kappa shape index (κ3) is 3.38. The van der Waals surface area contributed by atoms with Crippen LogP contribution in [0.2, 0.25) is 0 Å². The second-order valence-corrected chi connectivity index (χ2v) is 7.88. The van der Waals surface area contributed by atoms with E-state index in [1.54, 1.807) is 6.07 Å². The summed E-state index contributed by atoms with van der Waals surface area (Å²) in [6, 6.07) is 4.95. The van der Waals surface area contributed by atoms with Gasteiger partial charge in [-0.15, -0.1) is 0 Å². The van der Waals surface area contributed by atoms with Gasteiger partial charge in [0.15, 0.2) is 0 Å². The SMILES string of the molecule is O=C(O)C1CCN(c2ccc3c(c2)C(O)N(C2CCC(O)NC2O)C3O)CC1. The van der Waals surface area contributed by atoms with Crippen LogP contribution in [0.1, 0.15) is 49.3 Å². The van der Waals surface area contributed by atoms with Crippen LogP contribution in [0.4, 0.5) is 5.69 Å². The minimum atomic E-state index is -1.07. The van der Waals surface area contributed by atoms with E-state index in [9.17, 15) is 25.2 Å². The molecule has 5 unspecified atom stereocenters. The van der Waals surface area contributed by atoms with Crippen LogP contribution in [0.5, 0.6) is 0 Å². The maximum absolute atomic E-state index is 11.1. The lowest BCUT2D eigenvalue weighted by atomic mass is 9.96. The van der Waals surface area contributed by atoms with Gasteiger partial charge < -0.3 is 30.4 Å². The quantitative estimate of drug-likeness (QED) is 0.408. The highest BCUT2D eigenvalue weighted by molar-refractivity contribution is 5.70. The first-order valence-corrected chi connectivity index (χ1v) is 9.74. The molecule has 6 N–H and O–H groups in total. The predicted octanol–water partition coefficient (Wildman–Crippen LogP) is -0.326. The van der Waals surface area contributed by atoms with E-state index in [0.29, 0.717) is 49.9 Å². The highest BCUT2D eigenvalue weighted by atomic mass is 16.4. The zero-order valence-corrected chi connectivity index (χ0v) is 15.5. The average Bonchev–Trinajstić information content (AvgIpc) is 2.92. The normalized spacial score (nSPS) is 34.4. The second-order valence-electron chi connectivity index (χ2n) is 7.88. The number of hydrogen-bond donors (Lipinski definition) is 6. The number of rotatable bonds is 3. The lowest BCUT2D eigenvalue weighted by Gasteiger charge is -2.40. The molecule has 9 heteroatoms. The maximum atomic E-state index is 11.1. The molecule has 0 bridgehead atoms. The molecular weight excluding hydrogens is 366 g/mol. The number of benzene rings is 1. The van der Waals surface area contributed by atoms with E-state index >= 15 is 0 Å². The fraction of sp³-hybridized carbons (Fsp3) is 0.632. The molecule has 4 rings (SSSR count). The molecule has 3 aliphatic rings. The Labute approximate surface area is 162 Å². The lowest BCUT2D eigenvalue weighted by Crippen LogP contribution is -2.57. The van der Waals surface area contributed by atoms with Gasteiger partial charge in [-0.25, -0.2) is 4.90 Å². The number of anilines is 1. The van der Waals surface area contributed by atoms with Gasteiger partial charge in [0.1, 0.15) is 24.9 Å². The van der Waals surface area contributed by atoms with Gasteiger partial charge in [0.2, 0.25) is 0 Å². The molecule has 0 radical (unpaired) electrons. The molecule has 2 fully saturated rings. The number of hydrogen-bond acceptors (Lipinski definition) is 8. The number of aliphatic hydroxyl groups is 4. The molecule has 0 aliphatic carbocycles. The van der Waals surface area contributed by atoms with Crippen molar-refractivity contribution in [2.75, 3.05) is 18.0 Å². The number of carboxylic acids is 1. The fourth-order valence-corrected chi connectivity index (χ4v) is 4.61. The number of nitrogens with zero attached hydrogens (tertiary/aromatic N) is 2. The van der Waals surface area contributed by atoms with Crippen LogP contribution in [0, 0.1) is 5.92 Å². The summed E-state index contributed by atoms with van der Waals surface area (Å²) < 4.78 is 0. The van der Waals surface area contributed by atoms with Crippen molar-refractivity contribution in [2.24, 2.45) is 5.92 Å². The molecule has 3 aliphatic heterocycles. The van der Waals surface area contributed by atoms with E-state index in [-0.39, 0.29) is 5.92 Å². The highest BCUT2D eigenvalue weighted by Crippen LogP contribution is 2.44. The number of aliphatic carboxylic acids is 1. The summed E-state index contributed by atoms with van der Waals surface area (Å²) in [4.78, 5) is 14.7. The second kappa shape index (κ2) is 7.58. The molecule has 1 aromatic rings. The number of nitrogens with one attached hydrogen (secondary N) is 1. The predicted molar refractivity (Wildman–Crippen MR) is 98.9 cm³/mol. The van der Waals surface area contributed by atoms with Crippen molar-refractivity contribution in [2.45, 2.75) is 56.6 Å². The Morgan fingerprint density at radius 3 is 2.29 bits per heavy atom. The summed E-state index contributed by atoms with van der Waals surface area (Å²) in [6.45, 7) is 1.25. The third-order valence-electron chi connectivity index (χ3n) is 6.25. The molecule has 28 heavy (non-hydrogen) atoms. The highest BCUT2D eigenvalue weighted by Gasteiger charge is 2.45. The van der Waals surface area contributed by atoms with Crippen molar-refractivity contribution in [1.82, 2.24) is 10.2 Å². The molecule has 3 heterocycles. The largest absolute Gasteiger partial charge is 0.481 e. The summed E-state index contributed by atoms with van der Waals surface area (Å²) >= 11 is 0. The Morgan fingerprint density at radius 2 is 1.64 bits per heavy atom.